The highest BCUT2D eigenvalue weighted by Crippen LogP contribution is 2.21. The summed E-state index contributed by atoms with van der Waals surface area (Å²) < 4.78 is 42.1. The van der Waals surface area contributed by atoms with Crippen LogP contribution >= 0.6 is 15.9 Å². The third-order valence-corrected chi connectivity index (χ3v) is 3.83. The first kappa shape index (κ1) is 16.4. The second-order valence-electron chi connectivity index (χ2n) is 4.85. The van der Waals surface area contributed by atoms with E-state index in [0.29, 0.717) is 11.6 Å². The van der Waals surface area contributed by atoms with Gasteiger partial charge < -0.3 is 19.2 Å². The minimum Gasteiger partial charge on any atom is -0.472 e. The van der Waals surface area contributed by atoms with Crippen molar-refractivity contribution in [1.29, 1.82) is 0 Å². The molecule has 1 aliphatic rings. The topological polar surface area (TPSA) is 73.4 Å². The van der Waals surface area contributed by atoms with Crippen molar-refractivity contribution < 1.29 is 23.0 Å². The van der Waals surface area contributed by atoms with Gasteiger partial charge in [-0.05, 0) is 28.1 Å². The molecule has 1 aromatic carbocycles. The number of hydrogen-bond donors (Lipinski definition) is 1. The van der Waals surface area contributed by atoms with Gasteiger partial charge in [-0.15, -0.1) is 0 Å². The summed E-state index contributed by atoms with van der Waals surface area (Å²) in [4.78, 5) is 18.6. The van der Waals surface area contributed by atoms with Gasteiger partial charge in [0.2, 0.25) is 12.7 Å². The van der Waals surface area contributed by atoms with Gasteiger partial charge in [0.05, 0.1) is 6.42 Å². The van der Waals surface area contributed by atoms with Crippen LogP contribution in [0.25, 0.3) is 0 Å². The van der Waals surface area contributed by atoms with Crippen LogP contribution in [-0.4, -0.2) is 16.8 Å². The van der Waals surface area contributed by atoms with Gasteiger partial charge >= 0.3 is 0 Å². The molecule has 0 aliphatic carbocycles. The predicted molar refractivity (Wildman–Crippen MR) is 82.1 cm³/mol. The maximum absolute atomic E-state index is 13.6. The third-order valence-electron chi connectivity index (χ3n) is 3.13. The number of rotatable bonds is 5. The van der Waals surface area contributed by atoms with Crippen molar-refractivity contribution in [2.24, 2.45) is 0 Å². The fraction of sp³-hybridized carbons (Fsp3) is 0.200. The van der Waals surface area contributed by atoms with Crippen molar-refractivity contribution in [3.8, 4) is 5.88 Å². The molecule has 0 spiro atoms. The molecule has 0 saturated carbocycles. The molecule has 1 aliphatic heterocycles. The molecule has 3 rings (SSSR count). The van der Waals surface area contributed by atoms with Crippen molar-refractivity contribution in [1.82, 2.24) is 9.97 Å². The average molecular weight is 401 g/mol. The maximum atomic E-state index is 13.6. The summed E-state index contributed by atoms with van der Waals surface area (Å²) in [5.41, 5.74) is -0.309. The van der Waals surface area contributed by atoms with Crippen molar-refractivity contribution >= 4 is 15.9 Å². The molecule has 6 nitrogen and oxygen atoms in total. The van der Waals surface area contributed by atoms with E-state index in [1.54, 1.807) is 0 Å². The van der Waals surface area contributed by atoms with Gasteiger partial charge in [0.15, 0.2) is 0 Å². The Hall–Kier alpha value is -2.42. The number of nitrogens with one attached hydrogen (secondary N) is 1. The van der Waals surface area contributed by atoms with E-state index in [0.717, 1.165) is 12.1 Å². The largest absolute Gasteiger partial charge is 0.472 e. The maximum Gasteiger partial charge on any atom is 0.269 e. The van der Waals surface area contributed by atoms with E-state index in [4.69, 9.17) is 14.2 Å². The Labute approximate surface area is 143 Å². The van der Waals surface area contributed by atoms with E-state index in [1.807, 2.05) is 0 Å². The molecule has 2 aromatic rings. The number of aromatic nitrogens is 2. The zero-order chi connectivity index (χ0) is 17.1. The van der Waals surface area contributed by atoms with Gasteiger partial charge in [-0.2, -0.15) is 4.98 Å². The van der Waals surface area contributed by atoms with Gasteiger partial charge in [0, 0.05) is 11.6 Å². The van der Waals surface area contributed by atoms with E-state index < -0.39 is 17.2 Å². The second-order valence-corrected chi connectivity index (χ2v) is 5.64. The molecule has 1 N–H and O–H groups in total. The van der Waals surface area contributed by atoms with Gasteiger partial charge in [0.1, 0.15) is 40.6 Å². The molecular formula is C15H11BrF2N2O4. The predicted octanol–water partition coefficient (Wildman–Crippen LogP) is 2.78. The highest BCUT2D eigenvalue weighted by atomic mass is 79.9. The molecule has 0 amide bonds. The second kappa shape index (κ2) is 7.00. The average Bonchev–Trinajstić information content (AvgIpc) is 3.03. The van der Waals surface area contributed by atoms with E-state index in [-0.39, 0.29) is 35.7 Å². The summed E-state index contributed by atoms with van der Waals surface area (Å²) in [6.45, 7) is -0.0911. The molecule has 0 fully saturated rings. The molecule has 0 atom stereocenters. The molecule has 9 heteroatoms. The summed E-state index contributed by atoms with van der Waals surface area (Å²) in [6, 6.07) is 3.15. The van der Waals surface area contributed by atoms with Crippen LogP contribution in [0.5, 0.6) is 5.88 Å². The molecule has 0 bridgehead atoms. The summed E-state index contributed by atoms with van der Waals surface area (Å²) in [6.07, 6.45) is 1.64. The van der Waals surface area contributed by atoms with Crippen LogP contribution in [0.4, 0.5) is 8.78 Å². The molecule has 0 unspecified atom stereocenters. The van der Waals surface area contributed by atoms with Gasteiger partial charge in [-0.25, -0.2) is 8.78 Å². The Morgan fingerprint density at radius 3 is 2.92 bits per heavy atom. The van der Waals surface area contributed by atoms with Crippen LogP contribution in [0.15, 0.2) is 39.5 Å². The van der Waals surface area contributed by atoms with Crippen LogP contribution in [0.1, 0.15) is 11.4 Å². The zero-order valence-electron chi connectivity index (χ0n) is 12.1. The number of ether oxygens (including phenoxy) is 3. The van der Waals surface area contributed by atoms with Gasteiger partial charge in [0.25, 0.3) is 5.56 Å². The number of hydrogen-bond acceptors (Lipinski definition) is 5. The zero-order valence-corrected chi connectivity index (χ0v) is 13.7. The first-order valence-corrected chi connectivity index (χ1v) is 7.61. The fourth-order valence-corrected chi connectivity index (χ4v) is 2.28. The molecule has 1 aromatic heterocycles. The lowest BCUT2D eigenvalue weighted by atomic mass is 10.2. The van der Waals surface area contributed by atoms with Crippen molar-refractivity contribution in [2.75, 3.05) is 6.79 Å². The Bertz CT molecular complexity index is 854. The van der Waals surface area contributed by atoms with Crippen LogP contribution in [0.3, 0.4) is 0 Å². The summed E-state index contributed by atoms with van der Waals surface area (Å²) in [7, 11) is 0. The number of nitrogens with zero attached hydrogens (tertiary/aromatic N) is 1. The highest BCUT2D eigenvalue weighted by Gasteiger charge is 2.15. The van der Waals surface area contributed by atoms with E-state index in [2.05, 4.69) is 25.9 Å². The Morgan fingerprint density at radius 1 is 1.38 bits per heavy atom. The smallest absolute Gasteiger partial charge is 0.269 e. The van der Waals surface area contributed by atoms with Crippen molar-refractivity contribution in [2.45, 2.75) is 13.0 Å². The van der Waals surface area contributed by atoms with Gasteiger partial charge in [-0.1, -0.05) is 0 Å². The lowest BCUT2D eigenvalue weighted by molar-refractivity contribution is 0.0788. The van der Waals surface area contributed by atoms with Gasteiger partial charge in [-0.3, -0.25) is 4.79 Å². The minimum absolute atomic E-state index is 0.00279. The van der Waals surface area contributed by atoms with E-state index >= 15 is 0 Å². The molecule has 2 heterocycles. The first-order chi connectivity index (χ1) is 11.5. The first-order valence-electron chi connectivity index (χ1n) is 6.82. The number of halogens is 3. The molecule has 0 radical (unpaired) electrons. The van der Waals surface area contributed by atoms with Crippen molar-refractivity contribution in [3.63, 3.8) is 0 Å². The molecule has 126 valence electrons. The SMILES string of the molecule is O=c1[nH]c(CC2=COCO2)nc(OCc2ccc(F)cc2F)c1Br. The van der Waals surface area contributed by atoms with E-state index in [1.165, 1.54) is 12.3 Å². The Balaban J connectivity index is 1.79. The molecule has 24 heavy (non-hydrogen) atoms. The lowest BCUT2D eigenvalue weighted by Gasteiger charge is -2.09. The number of aromatic amines is 1. The van der Waals surface area contributed by atoms with E-state index in [9.17, 15) is 13.6 Å². The Morgan fingerprint density at radius 2 is 2.21 bits per heavy atom. The quantitative estimate of drug-likeness (QED) is 0.835. The van der Waals surface area contributed by atoms with Crippen LogP contribution in [0.2, 0.25) is 0 Å². The molecule has 0 saturated heterocycles. The van der Waals surface area contributed by atoms with Crippen LogP contribution in [-0.2, 0) is 22.5 Å². The van der Waals surface area contributed by atoms with Crippen LogP contribution < -0.4 is 10.3 Å². The minimum atomic E-state index is -0.738. The normalized spacial score (nSPS) is 13.2. The Kier molecular flexibility index (Phi) is 4.79. The number of H-pyrrole nitrogens is 1. The fourth-order valence-electron chi connectivity index (χ4n) is 1.98. The summed E-state index contributed by atoms with van der Waals surface area (Å²) >= 11 is 3.08. The number of benzene rings is 1. The number of allylic oxidation sites excluding steroid dienone is 1. The standard InChI is InChI=1S/C15H11BrF2N2O4/c16-13-14(21)19-12(4-10-6-22-7-24-10)20-15(13)23-5-8-1-2-9(17)3-11(8)18/h1-3,6H,4-5,7H2,(H,19,20,21). The van der Waals surface area contributed by atoms with Crippen LogP contribution in [0, 0.1) is 11.6 Å². The monoisotopic (exact) mass is 400 g/mol. The third kappa shape index (κ3) is 3.73. The summed E-state index contributed by atoms with van der Waals surface area (Å²) in [5.74, 6) is -0.610. The molecular weight excluding hydrogens is 390 g/mol. The summed E-state index contributed by atoms with van der Waals surface area (Å²) in [5, 5.41) is 0. The highest BCUT2D eigenvalue weighted by molar-refractivity contribution is 9.10. The lowest BCUT2D eigenvalue weighted by Crippen LogP contribution is -2.15. The van der Waals surface area contributed by atoms with Crippen molar-refractivity contribution in [3.05, 3.63) is 68.1 Å².